The Balaban J connectivity index is 1.87. The van der Waals surface area contributed by atoms with Gasteiger partial charge in [-0.3, -0.25) is 9.67 Å². The van der Waals surface area contributed by atoms with Crippen LogP contribution in [0.2, 0.25) is 0 Å². The smallest absolute Gasteiger partial charge is 0.168 e. The summed E-state index contributed by atoms with van der Waals surface area (Å²) in [4.78, 5) is 7.96. The summed E-state index contributed by atoms with van der Waals surface area (Å²) in [5, 5.41) is 4.09. The van der Waals surface area contributed by atoms with Crippen molar-refractivity contribution in [3.63, 3.8) is 0 Å². The molecule has 0 bridgehead atoms. The van der Waals surface area contributed by atoms with Crippen LogP contribution in [0.1, 0.15) is 0 Å². The molecule has 2 N–H and O–H groups in total. The lowest BCUT2D eigenvalue weighted by molar-refractivity contribution is 0.473. The average molecular weight is 285 g/mol. The Morgan fingerprint density at radius 3 is 2.76 bits per heavy atom. The number of aromatic nitrogens is 4. The SMILES string of the molecule is Cn1cc(-c2cc(Oc3cnc(N)c(F)c3)ccn2)cn1. The molecule has 0 aliphatic rings. The third-order valence-electron chi connectivity index (χ3n) is 2.81. The monoisotopic (exact) mass is 285 g/mol. The highest BCUT2D eigenvalue weighted by atomic mass is 19.1. The number of nitrogens with zero attached hydrogens (tertiary/aromatic N) is 4. The molecule has 0 atom stereocenters. The third kappa shape index (κ3) is 2.81. The number of nitrogens with two attached hydrogens (primary N) is 1. The van der Waals surface area contributed by atoms with E-state index in [0.29, 0.717) is 11.4 Å². The summed E-state index contributed by atoms with van der Waals surface area (Å²) >= 11 is 0. The van der Waals surface area contributed by atoms with E-state index < -0.39 is 5.82 Å². The fraction of sp³-hybridized carbons (Fsp3) is 0.0714. The van der Waals surface area contributed by atoms with Gasteiger partial charge in [0.05, 0.1) is 18.1 Å². The number of pyridine rings is 2. The van der Waals surface area contributed by atoms with Gasteiger partial charge in [0, 0.05) is 37.1 Å². The molecule has 3 rings (SSSR count). The van der Waals surface area contributed by atoms with Gasteiger partial charge >= 0.3 is 0 Å². The van der Waals surface area contributed by atoms with Crippen LogP contribution in [-0.2, 0) is 7.05 Å². The zero-order chi connectivity index (χ0) is 14.8. The van der Waals surface area contributed by atoms with Crippen LogP contribution in [0.25, 0.3) is 11.3 Å². The number of aryl methyl sites for hydroxylation is 1. The lowest BCUT2D eigenvalue weighted by Gasteiger charge is -2.07. The first-order valence-electron chi connectivity index (χ1n) is 6.16. The zero-order valence-corrected chi connectivity index (χ0v) is 11.2. The summed E-state index contributed by atoms with van der Waals surface area (Å²) < 4.78 is 20.6. The second kappa shape index (κ2) is 5.20. The Kier molecular flexibility index (Phi) is 3.23. The summed E-state index contributed by atoms with van der Waals surface area (Å²) in [6.07, 6.45) is 6.52. The van der Waals surface area contributed by atoms with E-state index in [1.807, 2.05) is 13.2 Å². The number of hydrogen-bond donors (Lipinski definition) is 1. The highest BCUT2D eigenvalue weighted by molar-refractivity contribution is 5.58. The van der Waals surface area contributed by atoms with E-state index in [4.69, 9.17) is 10.5 Å². The maximum absolute atomic E-state index is 13.3. The fourth-order valence-corrected chi connectivity index (χ4v) is 1.81. The summed E-state index contributed by atoms with van der Waals surface area (Å²) in [5.41, 5.74) is 6.90. The van der Waals surface area contributed by atoms with E-state index in [2.05, 4.69) is 15.1 Å². The molecule has 0 spiro atoms. The lowest BCUT2D eigenvalue weighted by Crippen LogP contribution is -1.95. The molecule has 6 nitrogen and oxygen atoms in total. The number of halogens is 1. The first kappa shape index (κ1) is 13.0. The highest BCUT2D eigenvalue weighted by Crippen LogP contribution is 2.26. The molecule has 0 aliphatic carbocycles. The van der Waals surface area contributed by atoms with E-state index >= 15 is 0 Å². The minimum absolute atomic E-state index is 0.159. The topological polar surface area (TPSA) is 78.9 Å². The molecule has 0 saturated carbocycles. The molecule has 0 unspecified atom stereocenters. The zero-order valence-electron chi connectivity index (χ0n) is 11.2. The van der Waals surface area contributed by atoms with Gasteiger partial charge in [-0.15, -0.1) is 0 Å². The van der Waals surface area contributed by atoms with Crippen molar-refractivity contribution in [2.45, 2.75) is 0 Å². The average Bonchev–Trinajstić information content (AvgIpc) is 2.90. The number of nitrogen functional groups attached to an aromatic ring is 1. The van der Waals surface area contributed by atoms with E-state index in [0.717, 1.165) is 5.56 Å². The molecule has 0 amide bonds. The number of rotatable bonds is 3. The molecule has 0 fully saturated rings. The maximum Gasteiger partial charge on any atom is 0.168 e. The normalized spacial score (nSPS) is 10.6. The van der Waals surface area contributed by atoms with Crippen molar-refractivity contribution < 1.29 is 9.13 Å². The first-order chi connectivity index (χ1) is 10.1. The van der Waals surface area contributed by atoms with Crippen LogP contribution in [0, 0.1) is 5.82 Å². The van der Waals surface area contributed by atoms with Gasteiger partial charge in [-0.1, -0.05) is 0 Å². The lowest BCUT2D eigenvalue weighted by atomic mass is 10.2. The number of ether oxygens (including phenoxy) is 1. The van der Waals surface area contributed by atoms with Crippen molar-refractivity contribution in [3.05, 3.63) is 48.8 Å². The molecular formula is C14H12FN5O. The summed E-state index contributed by atoms with van der Waals surface area (Å²) in [6.45, 7) is 0. The Labute approximate surface area is 120 Å². The Bertz CT molecular complexity index is 787. The van der Waals surface area contributed by atoms with Crippen molar-refractivity contribution in [1.82, 2.24) is 19.7 Å². The van der Waals surface area contributed by atoms with E-state index in [-0.39, 0.29) is 11.6 Å². The van der Waals surface area contributed by atoms with Crippen LogP contribution in [-0.4, -0.2) is 19.7 Å². The molecule has 0 radical (unpaired) electrons. The van der Waals surface area contributed by atoms with Crippen molar-refractivity contribution in [2.75, 3.05) is 5.73 Å². The van der Waals surface area contributed by atoms with Crippen LogP contribution in [0.15, 0.2) is 43.0 Å². The van der Waals surface area contributed by atoms with Gasteiger partial charge in [-0.05, 0) is 6.07 Å². The summed E-state index contributed by atoms with van der Waals surface area (Å²) in [6, 6.07) is 4.60. The standard InChI is InChI=1S/C14H12FN5O/c1-20-8-9(6-19-20)13-5-10(2-3-17-13)21-11-4-12(15)14(16)18-7-11/h2-8H,1H3,(H2,16,18). The second-order valence-electron chi connectivity index (χ2n) is 4.42. The molecule has 3 aromatic rings. The van der Waals surface area contributed by atoms with Gasteiger partial charge < -0.3 is 10.5 Å². The molecular weight excluding hydrogens is 273 g/mol. The van der Waals surface area contributed by atoms with Gasteiger partial charge in [-0.25, -0.2) is 9.37 Å². The number of hydrogen-bond acceptors (Lipinski definition) is 5. The highest BCUT2D eigenvalue weighted by Gasteiger charge is 2.07. The summed E-state index contributed by atoms with van der Waals surface area (Å²) in [5.74, 6) is 0.0158. The molecule has 3 aromatic heterocycles. The maximum atomic E-state index is 13.3. The number of anilines is 1. The second-order valence-corrected chi connectivity index (χ2v) is 4.42. The van der Waals surface area contributed by atoms with E-state index in [9.17, 15) is 4.39 Å². The van der Waals surface area contributed by atoms with Crippen LogP contribution in [0.4, 0.5) is 10.2 Å². The molecule has 0 saturated heterocycles. The van der Waals surface area contributed by atoms with Crippen LogP contribution < -0.4 is 10.5 Å². The first-order valence-corrected chi connectivity index (χ1v) is 6.16. The van der Waals surface area contributed by atoms with Crippen molar-refractivity contribution in [3.8, 4) is 22.8 Å². The van der Waals surface area contributed by atoms with Crippen molar-refractivity contribution in [2.24, 2.45) is 7.05 Å². The van der Waals surface area contributed by atoms with Crippen LogP contribution >= 0.6 is 0 Å². The quantitative estimate of drug-likeness (QED) is 0.799. The molecule has 106 valence electrons. The largest absolute Gasteiger partial charge is 0.456 e. The molecule has 0 aromatic carbocycles. The Morgan fingerprint density at radius 1 is 1.19 bits per heavy atom. The molecule has 7 heteroatoms. The molecule has 0 aliphatic heterocycles. The van der Waals surface area contributed by atoms with E-state index in [1.54, 1.807) is 29.2 Å². The Hall–Kier alpha value is -2.96. The van der Waals surface area contributed by atoms with E-state index in [1.165, 1.54) is 12.3 Å². The van der Waals surface area contributed by atoms with Crippen molar-refractivity contribution >= 4 is 5.82 Å². The van der Waals surface area contributed by atoms with Crippen molar-refractivity contribution in [1.29, 1.82) is 0 Å². The predicted octanol–water partition coefficient (Wildman–Crippen LogP) is 2.39. The molecule has 21 heavy (non-hydrogen) atoms. The van der Waals surface area contributed by atoms with Gasteiger partial charge in [0.25, 0.3) is 0 Å². The minimum atomic E-state index is -0.617. The van der Waals surface area contributed by atoms with Gasteiger partial charge in [-0.2, -0.15) is 5.10 Å². The fourth-order valence-electron chi connectivity index (χ4n) is 1.81. The Morgan fingerprint density at radius 2 is 2.05 bits per heavy atom. The van der Waals surface area contributed by atoms with Gasteiger partial charge in [0.2, 0.25) is 0 Å². The van der Waals surface area contributed by atoms with Crippen LogP contribution in [0.3, 0.4) is 0 Å². The molecule has 3 heterocycles. The van der Waals surface area contributed by atoms with Crippen LogP contribution in [0.5, 0.6) is 11.5 Å². The van der Waals surface area contributed by atoms with Gasteiger partial charge in [0.1, 0.15) is 11.5 Å². The minimum Gasteiger partial charge on any atom is -0.456 e. The van der Waals surface area contributed by atoms with Gasteiger partial charge in [0.15, 0.2) is 11.6 Å². The third-order valence-corrected chi connectivity index (χ3v) is 2.81. The predicted molar refractivity (Wildman–Crippen MR) is 75.1 cm³/mol. The summed E-state index contributed by atoms with van der Waals surface area (Å²) in [7, 11) is 1.83.